The van der Waals surface area contributed by atoms with Crippen LogP contribution in [0.4, 0.5) is 5.69 Å². The van der Waals surface area contributed by atoms with E-state index in [2.05, 4.69) is 5.32 Å². The van der Waals surface area contributed by atoms with Gasteiger partial charge in [0.15, 0.2) is 0 Å². The van der Waals surface area contributed by atoms with Crippen LogP contribution >= 0.6 is 0 Å². The normalized spacial score (nSPS) is 14.0. The van der Waals surface area contributed by atoms with Gasteiger partial charge < -0.3 is 19.7 Å². The van der Waals surface area contributed by atoms with E-state index in [0.29, 0.717) is 37.2 Å². The Morgan fingerprint density at radius 1 is 0.812 bits per heavy atom. The van der Waals surface area contributed by atoms with Gasteiger partial charge in [-0.25, -0.2) is 0 Å². The van der Waals surface area contributed by atoms with Gasteiger partial charge in [-0.2, -0.15) is 0 Å². The average Bonchev–Trinajstić information content (AvgIpc) is 2.85. The molecule has 6 nitrogen and oxygen atoms in total. The summed E-state index contributed by atoms with van der Waals surface area (Å²) < 4.78 is 10.9. The molecule has 3 aromatic carbocycles. The lowest BCUT2D eigenvalue weighted by Crippen LogP contribution is -2.41. The van der Waals surface area contributed by atoms with Crippen molar-refractivity contribution in [3.05, 3.63) is 84.4 Å². The minimum absolute atomic E-state index is 0.0134. The fourth-order valence-corrected chi connectivity index (χ4v) is 3.74. The highest BCUT2D eigenvalue weighted by Gasteiger charge is 2.28. The molecule has 0 unspecified atom stereocenters. The molecule has 4 rings (SSSR count). The zero-order valence-electron chi connectivity index (χ0n) is 18.0. The van der Waals surface area contributed by atoms with Crippen LogP contribution in [-0.2, 0) is 4.79 Å². The number of hydrogen-bond donors (Lipinski definition) is 1. The number of benzene rings is 3. The molecule has 0 radical (unpaired) electrons. The molecule has 1 aliphatic rings. The van der Waals surface area contributed by atoms with Crippen molar-refractivity contribution in [2.45, 2.75) is 12.8 Å². The second-order valence-electron chi connectivity index (χ2n) is 7.72. The van der Waals surface area contributed by atoms with Crippen molar-refractivity contribution in [3.8, 4) is 17.2 Å². The summed E-state index contributed by atoms with van der Waals surface area (Å²) >= 11 is 0. The molecule has 1 saturated heterocycles. The van der Waals surface area contributed by atoms with Gasteiger partial charge in [0.1, 0.15) is 17.2 Å². The van der Waals surface area contributed by atoms with Crippen molar-refractivity contribution in [2.24, 2.45) is 5.92 Å². The molecule has 2 amide bonds. The zero-order valence-corrected chi connectivity index (χ0v) is 18.0. The van der Waals surface area contributed by atoms with Crippen LogP contribution in [0.15, 0.2) is 78.9 Å². The van der Waals surface area contributed by atoms with E-state index in [-0.39, 0.29) is 17.7 Å². The van der Waals surface area contributed by atoms with Crippen molar-refractivity contribution in [1.29, 1.82) is 0 Å². The zero-order chi connectivity index (χ0) is 22.3. The number of amides is 2. The van der Waals surface area contributed by atoms with Crippen LogP contribution in [0.1, 0.15) is 23.2 Å². The number of hydrogen-bond acceptors (Lipinski definition) is 4. The van der Waals surface area contributed by atoms with Gasteiger partial charge in [0.2, 0.25) is 5.91 Å². The molecular formula is C26H26N2O4. The van der Waals surface area contributed by atoms with E-state index >= 15 is 0 Å². The summed E-state index contributed by atoms with van der Waals surface area (Å²) in [4.78, 5) is 27.2. The van der Waals surface area contributed by atoms with Gasteiger partial charge in [-0.1, -0.05) is 18.2 Å². The molecule has 1 N–H and O–H groups in total. The Balaban J connectivity index is 1.27. The Kier molecular flexibility index (Phi) is 6.70. The second-order valence-corrected chi connectivity index (χ2v) is 7.72. The highest BCUT2D eigenvalue weighted by atomic mass is 16.5. The monoisotopic (exact) mass is 430 g/mol. The first-order valence-corrected chi connectivity index (χ1v) is 10.7. The number of likely N-dealkylation sites (tertiary alicyclic amines) is 1. The summed E-state index contributed by atoms with van der Waals surface area (Å²) in [6, 6.07) is 24.0. The first-order chi connectivity index (χ1) is 15.6. The van der Waals surface area contributed by atoms with E-state index in [9.17, 15) is 9.59 Å². The summed E-state index contributed by atoms with van der Waals surface area (Å²) in [6.45, 7) is 1.12. The number of carbonyl (C=O) groups is 2. The molecule has 1 aliphatic heterocycles. The van der Waals surface area contributed by atoms with Gasteiger partial charge in [-0.05, 0) is 73.5 Å². The maximum absolute atomic E-state index is 12.7. The average molecular weight is 431 g/mol. The summed E-state index contributed by atoms with van der Waals surface area (Å²) in [5.74, 6) is 2.05. The topological polar surface area (TPSA) is 67.9 Å². The maximum Gasteiger partial charge on any atom is 0.253 e. The molecule has 0 atom stereocenters. The Morgan fingerprint density at radius 2 is 1.41 bits per heavy atom. The number of anilines is 1. The number of piperidine rings is 1. The van der Waals surface area contributed by atoms with Crippen molar-refractivity contribution in [2.75, 3.05) is 25.5 Å². The molecule has 0 bridgehead atoms. The lowest BCUT2D eigenvalue weighted by Gasteiger charge is -2.31. The lowest BCUT2D eigenvalue weighted by molar-refractivity contribution is -0.121. The van der Waals surface area contributed by atoms with E-state index in [1.165, 1.54) is 0 Å². The first kappa shape index (κ1) is 21.4. The number of ether oxygens (including phenoxy) is 2. The molecular weight excluding hydrogens is 404 g/mol. The van der Waals surface area contributed by atoms with E-state index < -0.39 is 0 Å². The first-order valence-electron chi connectivity index (χ1n) is 10.7. The van der Waals surface area contributed by atoms with Gasteiger partial charge in [-0.15, -0.1) is 0 Å². The number of carbonyl (C=O) groups excluding carboxylic acids is 2. The van der Waals surface area contributed by atoms with E-state index in [4.69, 9.17) is 9.47 Å². The Morgan fingerprint density at radius 3 is 2.03 bits per heavy atom. The summed E-state index contributed by atoms with van der Waals surface area (Å²) in [5, 5.41) is 2.98. The van der Waals surface area contributed by atoms with Crippen molar-refractivity contribution in [1.82, 2.24) is 4.90 Å². The van der Waals surface area contributed by atoms with E-state index in [0.717, 1.165) is 17.2 Å². The third-order valence-corrected chi connectivity index (χ3v) is 5.59. The molecule has 0 saturated carbocycles. The number of nitrogens with zero attached hydrogens (tertiary/aromatic N) is 1. The van der Waals surface area contributed by atoms with Gasteiger partial charge in [0, 0.05) is 30.3 Å². The molecule has 0 aromatic heterocycles. The Labute approximate surface area is 187 Å². The Hall–Kier alpha value is -3.80. The van der Waals surface area contributed by atoms with E-state index in [1.807, 2.05) is 54.6 Å². The molecule has 0 spiro atoms. The van der Waals surface area contributed by atoms with Crippen LogP contribution in [0.25, 0.3) is 0 Å². The number of para-hydroxylation sites is 1. The molecule has 1 heterocycles. The molecule has 6 heteroatoms. The van der Waals surface area contributed by atoms with Gasteiger partial charge in [0.25, 0.3) is 5.91 Å². The fraction of sp³-hybridized carbons (Fsp3) is 0.231. The molecule has 164 valence electrons. The van der Waals surface area contributed by atoms with Crippen molar-refractivity contribution >= 4 is 17.5 Å². The minimum Gasteiger partial charge on any atom is -0.497 e. The number of methoxy groups -OCH3 is 1. The van der Waals surface area contributed by atoms with Gasteiger partial charge in [-0.3, -0.25) is 9.59 Å². The van der Waals surface area contributed by atoms with Crippen LogP contribution < -0.4 is 14.8 Å². The summed E-state index contributed by atoms with van der Waals surface area (Å²) in [6.07, 6.45) is 1.28. The third kappa shape index (κ3) is 5.27. The Bertz CT molecular complexity index is 1040. The number of nitrogens with one attached hydrogen (secondary N) is 1. The SMILES string of the molecule is COc1ccc(C(=O)N2CCC(C(=O)Nc3ccc(Oc4ccccc4)cc3)CC2)cc1. The van der Waals surface area contributed by atoms with Gasteiger partial charge in [0.05, 0.1) is 7.11 Å². The molecule has 3 aromatic rings. The van der Waals surface area contributed by atoms with Crippen LogP contribution in [-0.4, -0.2) is 36.9 Å². The largest absolute Gasteiger partial charge is 0.497 e. The van der Waals surface area contributed by atoms with Crippen molar-refractivity contribution < 1.29 is 19.1 Å². The standard InChI is InChI=1S/C26H26N2O4/c1-31-22-11-7-20(8-12-22)26(30)28-17-15-19(16-18-28)25(29)27-21-9-13-24(14-10-21)32-23-5-3-2-4-6-23/h2-14,19H,15-18H2,1H3,(H,27,29). The summed E-state index contributed by atoms with van der Waals surface area (Å²) in [5.41, 5.74) is 1.36. The maximum atomic E-state index is 12.7. The quantitative estimate of drug-likeness (QED) is 0.599. The predicted molar refractivity (Wildman–Crippen MR) is 123 cm³/mol. The van der Waals surface area contributed by atoms with Crippen LogP contribution in [0.2, 0.25) is 0 Å². The van der Waals surface area contributed by atoms with Crippen LogP contribution in [0.5, 0.6) is 17.2 Å². The van der Waals surface area contributed by atoms with Gasteiger partial charge >= 0.3 is 0 Å². The fourth-order valence-electron chi connectivity index (χ4n) is 3.74. The summed E-state index contributed by atoms with van der Waals surface area (Å²) in [7, 11) is 1.60. The third-order valence-electron chi connectivity index (χ3n) is 5.59. The lowest BCUT2D eigenvalue weighted by atomic mass is 9.95. The number of rotatable bonds is 6. The highest BCUT2D eigenvalue weighted by molar-refractivity contribution is 5.95. The predicted octanol–water partition coefficient (Wildman–Crippen LogP) is 4.98. The molecule has 0 aliphatic carbocycles. The second kappa shape index (κ2) is 10.0. The molecule has 1 fully saturated rings. The van der Waals surface area contributed by atoms with Crippen LogP contribution in [0, 0.1) is 5.92 Å². The molecule has 32 heavy (non-hydrogen) atoms. The van der Waals surface area contributed by atoms with Crippen molar-refractivity contribution in [3.63, 3.8) is 0 Å². The van der Waals surface area contributed by atoms with E-state index in [1.54, 1.807) is 36.3 Å². The minimum atomic E-state index is -0.116. The van der Waals surface area contributed by atoms with Crippen LogP contribution in [0.3, 0.4) is 0 Å². The smallest absolute Gasteiger partial charge is 0.253 e. The highest BCUT2D eigenvalue weighted by Crippen LogP contribution is 2.25.